The molecular weight excluding hydrogens is 334 g/mol. The fraction of sp³-hybridized carbons (Fsp3) is 0.292. The van der Waals surface area contributed by atoms with Gasteiger partial charge in [0.05, 0.1) is 5.69 Å². The normalized spacial score (nSPS) is 8.12. The second-order valence-corrected chi connectivity index (χ2v) is 5.28. The van der Waals surface area contributed by atoms with E-state index < -0.39 is 0 Å². The molecule has 0 unspecified atom stereocenters. The predicted molar refractivity (Wildman–Crippen MR) is 126 cm³/mol. The molecule has 1 nitrogen and oxygen atoms in total. The molecule has 1 aromatic heterocycles. The largest absolute Gasteiger partial charge is 0.264 e. The Balaban J connectivity index is 0. The molecule has 0 saturated heterocycles. The van der Waals surface area contributed by atoms with Crippen LogP contribution in [0, 0.1) is 6.92 Å². The average molecular weight is 370 g/mol. The quantitative estimate of drug-likeness (QED) is 0.400. The second-order valence-electron chi connectivity index (χ2n) is 4.33. The molecule has 0 fully saturated rings. The number of aliphatic imine (C=N–C) groups is 1. The zero-order valence-electron chi connectivity index (χ0n) is 17.5. The summed E-state index contributed by atoms with van der Waals surface area (Å²) in [6, 6.07) is 16.3. The van der Waals surface area contributed by atoms with Crippen molar-refractivity contribution in [3.63, 3.8) is 0 Å². The van der Waals surface area contributed by atoms with Gasteiger partial charge in [0.25, 0.3) is 0 Å². The molecule has 0 amide bonds. The first kappa shape index (κ1) is 26.0. The minimum absolute atomic E-state index is 0.887. The van der Waals surface area contributed by atoms with E-state index in [1.807, 2.05) is 65.8 Å². The van der Waals surface area contributed by atoms with Gasteiger partial charge in [0, 0.05) is 4.70 Å². The highest BCUT2D eigenvalue weighted by Gasteiger charge is 1.94. The molecule has 0 radical (unpaired) electrons. The van der Waals surface area contributed by atoms with Gasteiger partial charge in [-0.1, -0.05) is 84.5 Å². The van der Waals surface area contributed by atoms with Gasteiger partial charge < -0.3 is 0 Å². The maximum Gasteiger partial charge on any atom is 0.0694 e. The van der Waals surface area contributed by atoms with Crippen LogP contribution in [0.4, 0.5) is 5.69 Å². The third-order valence-corrected chi connectivity index (χ3v) is 3.92. The van der Waals surface area contributed by atoms with E-state index in [2.05, 4.69) is 54.9 Å². The van der Waals surface area contributed by atoms with Crippen LogP contribution in [0.5, 0.6) is 0 Å². The van der Waals surface area contributed by atoms with Crippen molar-refractivity contribution < 1.29 is 0 Å². The Morgan fingerprint density at radius 2 is 1.46 bits per heavy atom. The standard InChI is InChI=1S/C9H9N.C9H8S.3C2H6/c1-3-8-6-4-5-7-9(8)10-2;1-7-3-2-4-9-8(7)5-6-10-9;3*1-2/h3-7H,1-2H2;2-6H,1H3;3*1-2H3. The van der Waals surface area contributed by atoms with Crippen LogP contribution in [0.1, 0.15) is 52.7 Å². The first-order chi connectivity index (χ1) is 12.8. The summed E-state index contributed by atoms with van der Waals surface area (Å²) in [5.41, 5.74) is 3.29. The van der Waals surface area contributed by atoms with Crippen LogP contribution >= 0.6 is 11.3 Å². The highest BCUT2D eigenvalue weighted by molar-refractivity contribution is 7.17. The van der Waals surface area contributed by atoms with E-state index in [9.17, 15) is 0 Å². The summed E-state index contributed by atoms with van der Waals surface area (Å²) in [5.74, 6) is 0. The van der Waals surface area contributed by atoms with Crippen LogP contribution in [0.3, 0.4) is 0 Å². The lowest BCUT2D eigenvalue weighted by Crippen LogP contribution is -1.70. The SMILES string of the molecule is C=Cc1ccccc1N=C.CC.CC.CC.Cc1cccc2sccc12. The van der Waals surface area contributed by atoms with Crippen molar-refractivity contribution in [2.45, 2.75) is 48.5 Å². The van der Waals surface area contributed by atoms with Crippen molar-refractivity contribution in [3.8, 4) is 0 Å². The summed E-state index contributed by atoms with van der Waals surface area (Å²) in [4.78, 5) is 3.82. The topological polar surface area (TPSA) is 12.4 Å². The lowest BCUT2D eigenvalue weighted by molar-refractivity contribution is 1.50. The molecule has 3 rings (SSSR count). The van der Waals surface area contributed by atoms with Crippen LogP contribution in [0.2, 0.25) is 0 Å². The molecule has 1 heterocycles. The number of thiophene rings is 1. The Morgan fingerprint density at radius 1 is 0.846 bits per heavy atom. The number of benzene rings is 2. The molecule has 0 aliphatic heterocycles. The number of hydrogen-bond acceptors (Lipinski definition) is 2. The number of para-hydroxylation sites is 1. The summed E-state index contributed by atoms with van der Waals surface area (Å²) >= 11 is 1.80. The van der Waals surface area contributed by atoms with Gasteiger partial charge in [-0.2, -0.15) is 0 Å². The third kappa shape index (κ3) is 8.77. The summed E-state index contributed by atoms with van der Waals surface area (Å²) in [6.45, 7) is 21.2. The van der Waals surface area contributed by atoms with Crippen LogP contribution < -0.4 is 0 Å². The summed E-state index contributed by atoms with van der Waals surface area (Å²) in [5, 5.41) is 3.53. The van der Waals surface area contributed by atoms with Gasteiger partial charge in [0.1, 0.15) is 0 Å². The van der Waals surface area contributed by atoms with E-state index in [4.69, 9.17) is 0 Å². The summed E-state index contributed by atoms with van der Waals surface area (Å²) in [6.07, 6.45) is 1.77. The fourth-order valence-corrected chi connectivity index (χ4v) is 2.81. The number of fused-ring (bicyclic) bond motifs is 1. The van der Waals surface area contributed by atoms with E-state index in [1.54, 1.807) is 17.4 Å². The van der Waals surface area contributed by atoms with Gasteiger partial charge in [0.2, 0.25) is 0 Å². The molecule has 2 aromatic carbocycles. The highest BCUT2D eigenvalue weighted by Crippen LogP contribution is 2.22. The Labute approximate surface area is 165 Å². The highest BCUT2D eigenvalue weighted by atomic mass is 32.1. The molecule has 0 spiro atoms. The first-order valence-electron chi connectivity index (χ1n) is 9.37. The lowest BCUT2D eigenvalue weighted by Gasteiger charge is -1.95. The lowest BCUT2D eigenvalue weighted by atomic mass is 10.2. The molecule has 0 aliphatic rings. The van der Waals surface area contributed by atoms with Gasteiger partial charge in [-0.15, -0.1) is 11.3 Å². The number of hydrogen-bond donors (Lipinski definition) is 0. The monoisotopic (exact) mass is 369 g/mol. The van der Waals surface area contributed by atoms with E-state index in [-0.39, 0.29) is 0 Å². The van der Waals surface area contributed by atoms with Gasteiger partial charge in [0.15, 0.2) is 0 Å². The minimum atomic E-state index is 0.887. The van der Waals surface area contributed by atoms with Crippen molar-refractivity contribution in [2.24, 2.45) is 4.99 Å². The van der Waals surface area contributed by atoms with Crippen molar-refractivity contribution >= 4 is 39.9 Å². The second kappa shape index (κ2) is 17.6. The van der Waals surface area contributed by atoms with Crippen molar-refractivity contribution in [1.29, 1.82) is 0 Å². The van der Waals surface area contributed by atoms with Gasteiger partial charge in [-0.3, -0.25) is 4.99 Å². The van der Waals surface area contributed by atoms with Crippen molar-refractivity contribution in [2.75, 3.05) is 0 Å². The molecule has 0 bridgehead atoms. The maximum atomic E-state index is 3.82. The number of nitrogens with zero attached hydrogens (tertiary/aromatic N) is 1. The van der Waals surface area contributed by atoms with Gasteiger partial charge in [-0.05, 0) is 53.7 Å². The number of rotatable bonds is 2. The summed E-state index contributed by atoms with van der Waals surface area (Å²) < 4.78 is 1.39. The average Bonchev–Trinajstić information content (AvgIpc) is 3.23. The van der Waals surface area contributed by atoms with Crippen LogP contribution in [-0.2, 0) is 0 Å². The zero-order valence-corrected chi connectivity index (χ0v) is 18.4. The minimum Gasteiger partial charge on any atom is -0.264 e. The molecule has 0 atom stereocenters. The molecule has 2 heteroatoms. The molecule has 142 valence electrons. The van der Waals surface area contributed by atoms with Gasteiger partial charge in [-0.25, -0.2) is 0 Å². The zero-order chi connectivity index (χ0) is 20.4. The Bertz CT molecular complexity index is 699. The van der Waals surface area contributed by atoms with Gasteiger partial charge >= 0.3 is 0 Å². The molecule has 3 aromatic rings. The molecule has 0 saturated carbocycles. The van der Waals surface area contributed by atoms with Crippen LogP contribution in [0.15, 0.2) is 65.5 Å². The van der Waals surface area contributed by atoms with E-state index in [0.29, 0.717) is 0 Å². The predicted octanol–water partition coefficient (Wildman–Crippen LogP) is 8.95. The molecular formula is C24H35NS. The van der Waals surface area contributed by atoms with Crippen molar-refractivity contribution in [3.05, 3.63) is 71.6 Å². The molecule has 0 N–H and O–H groups in total. The van der Waals surface area contributed by atoms with Crippen molar-refractivity contribution in [1.82, 2.24) is 0 Å². The summed E-state index contributed by atoms with van der Waals surface area (Å²) in [7, 11) is 0. The third-order valence-electron chi connectivity index (χ3n) is 3.04. The molecule has 0 aliphatic carbocycles. The first-order valence-corrected chi connectivity index (χ1v) is 10.2. The molecule has 26 heavy (non-hydrogen) atoms. The number of aryl methyl sites for hydroxylation is 1. The Kier molecular flexibility index (Phi) is 17.7. The van der Waals surface area contributed by atoms with Crippen LogP contribution in [-0.4, -0.2) is 6.72 Å². The van der Waals surface area contributed by atoms with E-state index in [0.717, 1.165) is 11.3 Å². The van der Waals surface area contributed by atoms with E-state index in [1.165, 1.54) is 15.6 Å². The Hall–Kier alpha value is -2.19. The van der Waals surface area contributed by atoms with E-state index >= 15 is 0 Å². The smallest absolute Gasteiger partial charge is 0.0694 e. The fourth-order valence-electron chi connectivity index (χ4n) is 1.95. The maximum absolute atomic E-state index is 3.82. The Morgan fingerprint density at radius 3 is 1.96 bits per heavy atom. The van der Waals surface area contributed by atoms with Crippen LogP contribution in [0.25, 0.3) is 16.2 Å².